The molecule has 0 spiro atoms. The summed E-state index contributed by atoms with van der Waals surface area (Å²) in [5, 5.41) is 11.3. The minimum Gasteiger partial charge on any atom is -0.287 e. The lowest BCUT2D eigenvalue weighted by Crippen LogP contribution is -2.26. The van der Waals surface area contributed by atoms with E-state index in [9.17, 15) is 14.9 Å². The Bertz CT molecular complexity index is 892. The summed E-state index contributed by atoms with van der Waals surface area (Å²) in [6.07, 6.45) is 0. The topological polar surface area (TPSA) is 76.3 Å². The van der Waals surface area contributed by atoms with E-state index in [2.05, 4.69) is 4.98 Å². The summed E-state index contributed by atoms with van der Waals surface area (Å²) in [6, 6.07) is 11.3. The molecule has 0 unspecified atom stereocenters. The highest BCUT2D eigenvalue weighted by molar-refractivity contribution is 7.22. The number of hydrogen-bond donors (Lipinski definition) is 0. The van der Waals surface area contributed by atoms with Crippen LogP contribution in [0.15, 0.2) is 42.5 Å². The first kappa shape index (κ1) is 15.4. The average Bonchev–Trinajstić information content (AvgIpc) is 2.97. The molecule has 8 heteroatoms. The van der Waals surface area contributed by atoms with E-state index in [0.29, 0.717) is 5.13 Å². The summed E-state index contributed by atoms with van der Waals surface area (Å²) in [7, 11) is 1.60. The summed E-state index contributed by atoms with van der Waals surface area (Å²) in [5.74, 6) is -0.371. The number of thiazole rings is 1. The maximum absolute atomic E-state index is 12.6. The van der Waals surface area contributed by atoms with Gasteiger partial charge in [-0.1, -0.05) is 35.1 Å². The van der Waals surface area contributed by atoms with Crippen LogP contribution in [0.5, 0.6) is 0 Å². The molecular weight excluding hydrogens is 338 g/mol. The molecule has 0 aliphatic heterocycles. The van der Waals surface area contributed by atoms with E-state index in [4.69, 9.17) is 11.6 Å². The molecule has 23 heavy (non-hydrogen) atoms. The Labute approximate surface area is 140 Å². The van der Waals surface area contributed by atoms with E-state index < -0.39 is 4.92 Å². The summed E-state index contributed by atoms with van der Waals surface area (Å²) in [5.41, 5.74) is 0.843. The monoisotopic (exact) mass is 347 g/mol. The molecule has 3 aromatic rings. The van der Waals surface area contributed by atoms with Gasteiger partial charge in [-0.15, -0.1) is 0 Å². The van der Waals surface area contributed by atoms with Gasteiger partial charge >= 0.3 is 0 Å². The number of benzene rings is 2. The first-order valence-electron chi connectivity index (χ1n) is 6.55. The van der Waals surface area contributed by atoms with Crippen LogP contribution in [0.4, 0.5) is 10.8 Å². The highest BCUT2D eigenvalue weighted by Crippen LogP contribution is 2.30. The van der Waals surface area contributed by atoms with Crippen LogP contribution in [0.1, 0.15) is 10.4 Å². The second-order valence-corrected chi connectivity index (χ2v) is 6.17. The van der Waals surface area contributed by atoms with Crippen molar-refractivity contribution in [2.45, 2.75) is 0 Å². The van der Waals surface area contributed by atoms with Crippen LogP contribution in [-0.4, -0.2) is 22.9 Å². The molecule has 0 bridgehead atoms. The highest BCUT2D eigenvalue weighted by Gasteiger charge is 2.21. The Hall–Kier alpha value is -2.51. The number of fused-ring (bicyclic) bond motifs is 1. The number of para-hydroxylation sites is 1. The average molecular weight is 348 g/mol. The quantitative estimate of drug-likeness (QED) is 0.527. The molecule has 1 amide bonds. The van der Waals surface area contributed by atoms with Crippen molar-refractivity contribution in [3.8, 4) is 0 Å². The zero-order chi connectivity index (χ0) is 16.6. The number of hydrogen-bond acceptors (Lipinski definition) is 5. The van der Waals surface area contributed by atoms with Crippen LogP contribution in [0.3, 0.4) is 0 Å². The van der Waals surface area contributed by atoms with Gasteiger partial charge < -0.3 is 0 Å². The fourth-order valence-corrected chi connectivity index (χ4v) is 3.24. The molecule has 0 atom stereocenters. The number of carbonyl (C=O) groups is 1. The third-order valence-electron chi connectivity index (χ3n) is 3.27. The number of aromatic nitrogens is 1. The van der Waals surface area contributed by atoms with E-state index in [1.165, 1.54) is 34.4 Å². The summed E-state index contributed by atoms with van der Waals surface area (Å²) < 4.78 is 0.969. The summed E-state index contributed by atoms with van der Waals surface area (Å²) in [6.45, 7) is 0. The van der Waals surface area contributed by atoms with Gasteiger partial charge in [0.05, 0.1) is 25.7 Å². The summed E-state index contributed by atoms with van der Waals surface area (Å²) in [4.78, 5) is 28.5. The van der Waals surface area contributed by atoms with Crippen LogP contribution in [0, 0.1) is 10.1 Å². The van der Waals surface area contributed by atoms with E-state index in [1.54, 1.807) is 7.05 Å². The molecule has 0 saturated carbocycles. The number of amides is 1. The molecule has 0 fully saturated rings. The standard InChI is InChI=1S/C15H10ClN3O3S/c1-18(15-17-12-4-2-3-5-13(12)23-15)14(20)10-7-6-9(19(21)22)8-11(10)16/h2-8H,1H3. The highest BCUT2D eigenvalue weighted by atomic mass is 35.5. The zero-order valence-corrected chi connectivity index (χ0v) is 13.5. The minimum absolute atomic E-state index is 0.0390. The molecule has 1 heterocycles. The van der Waals surface area contributed by atoms with Crippen molar-refractivity contribution < 1.29 is 9.72 Å². The predicted molar refractivity (Wildman–Crippen MR) is 90.5 cm³/mol. The lowest BCUT2D eigenvalue weighted by molar-refractivity contribution is -0.384. The van der Waals surface area contributed by atoms with Crippen molar-refractivity contribution in [3.05, 3.63) is 63.2 Å². The van der Waals surface area contributed by atoms with Crippen LogP contribution in [0.25, 0.3) is 10.2 Å². The Morgan fingerprint density at radius 2 is 2.04 bits per heavy atom. The first-order valence-corrected chi connectivity index (χ1v) is 7.74. The van der Waals surface area contributed by atoms with Gasteiger partial charge in [-0.2, -0.15) is 0 Å². The number of anilines is 1. The van der Waals surface area contributed by atoms with E-state index >= 15 is 0 Å². The molecule has 2 aromatic carbocycles. The van der Waals surface area contributed by atoms with E-state index in [-0.39, 0.29) is 22.2 Å². The second kappa shape index (κ2) is 5.94. The Morgan fingerprint density at radius 3 is 2.70 bits per heavy atom. The number of halogens is 1. The van der Waals surface area contributed by atoms with Gasteiger partial charge in [-0.05, 0) is 18.2 Å². The zero-order valence-electron chi connectivity index (χ0n) is 11.9. The third kappa shape index (κ3) is 2.88. The van der Waals surface area contributed by atoms with Gasteiger partial charge in [0.1, 0.15) is 0 Å². The predicted octanol–water partition coefficient (Wildman–Crippen LogP) is 4.13. The normalized spacial score (nSPS) is 10.7. The van der Waals surface area contributed by atoms with E-state index in [0.717, 1.165) is 10.2 Å². The van der Waals surface area contributed by atoms with Gasteiger partial charge in [-0.25, -0.2) is 4.98 Å². The van der Waals surface area contributed by atoms with Crippen LogP contribution in [0.2, 0.25) is 5.02 Å². The first-order chi connectivity index (χ1) is 11.0. The number of nitro groups is 1. The van der Waals surface area contributed by atoms with Gasteiger partial charge in [0, 0.05) is 19.2 Å². The van der Waals surface area contributed by atoms with Gasteiger partial charge in [0.25, 0.3) is 11.6 Å². The number of rotatable bonds is 3. The lowest BCUT2D eigenvalue weighted by Gasteiger charge is -2.14. The molecule has 1 aromatic heterocycles. The molecular formula is C15H10ClN3O3S. The molecule has 116 valence electrons. The molecule has 0 saturated heterocycles. The SMILES string of the molecule is CN(C(=O)c1ccc([N+](=O)[O-])cc1Cl)c1nc2ccccc2s1. The number of non-ortho nitro benzene ring substituents is 1. The molecule has 0 radical (unpaired) electrons. The minimum atomic E-state index is -0.558. The molecule has 0 aliphatic carbocycles. The number of nitro benzene ring substituents is 1. The van der Waals surface area contributed by atoms with Gasteiger partial charge in [-0.3, -0.25) is 19.8 Å². The van der Waals surface area contributed by atoms with E-state index in [1.807, 2.05) is 24.3 Å². The molecule has 3 rings (SSSR count). The fraction of sp³-hybridized carbons (Fsp3) is 0.0667. The number of carbonyl (C=O) groups excluding carboxylic acids is 1. The van der Waals surface area contributed by atoms with Crippen LogP contribution < -0.4 is 4.90 Å². The van der Waals surface area contributed by atoms with Crippen LogP contribution in [-0.2, 0) is 0 Å². The maximum atomic E-state index is 12.6. The lowest BCUT2D eigenvalue weighted by atomic mass is 10.2. The molecule has 0 aliphatic rings. The molecule has 6 nitrogen and oxygen atoms in total. The summed E-state index contributed by atoms with van der Waals surface area (Å²) >= 11 is 7.39. The fourth-order valence-electron chi connectivity index (χ4n) is 2.06. The largest absolute Gasteiger partial charge is 0.287 e. The Morgan fingerprint density at radius 1 is 1.30 bits per heavy atom. The van der Waals surface area contributed by atoms with Crippen molar-refractivity contribution in [2.24, 2.45) is 0 Å². The van der Waals surface area contributed by atoms with Crippen molar-refractivity contribution in [1.82, 2.24) is 4.98 Å². The Balaban J connectivity index is 1.94. The number of nitrogens with zero attached hydrogens (tertiary/aromatic N) is 3. The van der Waals surface area contributed by atoms with Crippen molar-refractivity contribution >= 4 is 49.9 Å². The van der Waals surface area contributed by atoms with Crippen LogP contribution >= 0.6 is 22.9 Å². The smallest absolute Gasteiger partial charge is 0.270 e. The van der Waals surface area contributed by atoms with Gasteiger partial charge in [0.15, 0.2) is 5.13 Å². The third-order valence-corrected chi connectivity index (χ3v) is 4.69. The Kier molecular flexibility index (Phi) is 3.97. The van der Waals surface area contributed by atoms with Crippen molar-refractivity contribution in [1.29, 1.82) is 0 Å². The molecule has 0 N–H and O–H groups in total. The van der Waals surface area contributed by atoms with Crippen molar-refractivity contribution in [2.75, 3.05) is 11.9 Å². The maximum Gasteiger partial charge on any atom is 0.270 e. The second-order valence-electron chi connectivity index (χ2n) is 4.75. The van der Waals surface area contributed by atoms with Crippen molar-refractivity contribution in [3.63, 3.8) is 0 Å². The van der Waals surface area contributed by atoms with Gasteiger partial charge in [0.2, 0.25) is 0 Å².